The van der Waals surface area contributed by atoms with Crippen LogP contribution in [0.4, 0.5) is 32.0 Å². The number of tetrazole rings is 1. The Morgan fingerprint density at radius 3 is 2.39 bits per heavy atom. The van der Waals surface area contributed by atoms with Crippen LogP contribution in [0.2, 0.25) is 0 Å². The van der Waals surface area contributed by atoms with E-state index >= 15 is 4.39 Å². The van der Waals surface area contributed by atoms with Crippen LogP contribution in [0, 0.1) is 17.5 Å². The van der Waals surface area contributed by atoms with Gasteiger partial charge in [0, 0.05) is 23.0 Å². The third-order valence-corrected chi connectivity index (χ3v) is 5.94. The van der Waals surface area contributed by atoms with Crippen molar-refractivity contribution in [3.8, 4) is 22.5 Å². The Hall–Kier alpha value is -4.29. The summed E-state index contributed by atoms with van der Waals surface area (Å²) in [5.41, 5.74) is -2.52. The van der Waals surface area contributed by atoms with Crippen LogP contribution in [-0.2, 0) is 16.4 Å². The lowest BCUT2D eigenvalue weighted by atomic mass is 9.94. The first-order valence-electron chi connectivity index (χ1n) is 10.5. The topological polar surface area (TPSA) is 96.5 Å². The Morgan fingerprint density at radius 1 is 0.972 bits per heavy atom. The summed E-state index contributed by atoms with van der Waals surface area (Å²) < 4.78 is 82.0. The van der Waals surface area contributed by atoms with Crippen LogP contribution in [0.3, 0.4) is 0 Å². The number of aromatic amines is 1. The van der Waals surface area contributed by atoms with E-state index in [2.05, 4.69) is 30.9 Å². The number of carbonyl (C=O) groups is 1. The molecule has 36 heavy (non-hydrogen) atoms. The molecule has 2 aromatic heterocycles. The molecule has 0 radical (unpaired) electrons. The smallest absolute Gasteiger partial charge is 0.325 e. The number of rotatable bonds is 5. The van der Waals surface area contributed by atoms with Gasteiger partial charge in [-0.3, -0.25) is 9.78 Å². The van der Waals surface area contributed by atoms with Crippen molar-refractivity contribution in [3.05, 3.63) is 77.4 Å². The zero-order chi connectivity index (χ0) is 25.7. The Morgan fingerprint density at radius 2 is 1.75 bits per heavy atom. The van der Waals surface area contributed by atoms with Gasteiger partial charge < -0.3 is 5.32 Å². The summed E-state index contributed by atoms with van der Waals surface area (Å²) in [5, 5.41) is 15.6. The van der Waals surface area contributed by atoms with Crippen molar-refractivity contribution >= 4 is 11.6 Å². The van der Waals surface area contributed by atoms with Crippen molar-refractivity contribution in [2.75, 3.05) is 5.32 Å². The monoisotopic (exact) mass is 504 g/mol. The summed E-state index contributed by atoms with van der Waals surface area (Å²) in [4.78, 5) is 16.4. The summed E-state index contributed by atoms with van der Waals surface area (Å²) in [6.07, 6.45) is -3.14. The maximum atomic E-state index is 15.4. The predicted molar refractivity (Wildman–Crippen MR) is 114 cm³/mol. The van der Waals surface area contributed by atoms with Gasteiger partial charge in [-0.1, -0.05) is 6.07 Å². The van der Waals surface area contributed by atoms with Crippen LogP contribution in [0.25, 0.3) is 22.5 Å². The standard InChI is InChI=1S/C23H14F6N6O/c24-15-2-1-12(8-16(15)25)22(4-5-22)21(36)31-13-9-14(20-32-34-35-33-20)19(17(26)10-13)11-3-6-30-18(7-11)23(27,28)29/h1-3,6-10H,4-5H2,(H,31,36)(H,32,33,34,35). The molecule has 2 N–H and O–H groups in total. The number of hydrogen-bond acceptors (Lipinski definition) is 5. The Kier molecular flexibility index (Phi) is 5.49. The molecule has 0 spiro atoms. The molecule has 0 bridgehead atoms. The SMILES string of the molecule is O=C(Nc1cc(F)c(-c2ccnc(C(F)(F)F)c2)c(-c2nnn[nH]2)c1)C1(c2ccc(F)c(F)c2)CC1. The number of benzene rings is 2. The van der Waals surface area contributed by atoms with Crippen molar-refractivity contribution in [1.82, 2.24) is 25.6 Å². The number of nitrogens with one attached hydrogen (secondary N) is 2. The van der Waals surface area contributed by atoms with E-state index in [1.165, 1.54) is 18.2 Å². The second-order valence-corrected chi connectivity index (χ2v) is 8.22. The number of carbonyl (C=O) groups excluding carboxylic acids is 1. The fourth-order valence-corrected chi connectivity index (χ4v) is 3.99. The van der Waals surface area contributed by atoms with Gasteiger partial charge in [0.1, 0.15) is 11.5 Å². The van der Waals surface area contributed by atoms with Gasteiger partial charge in [0.05, 0.1) is 5.41 Å². The molecule has 13 heteroatoms. The molecule has 1 fully saturated rings. The number of aromatic nitrogens is 5. The highest BCUT2D eigenvalue weighted by Crippen LogP contribution is 2.49. The second-order valence-electron chi connectivity index (χ2n) is 8.22. The van der Waals surface area contributed by atoms with Gasteiger partial charge in [-0.05, 0) is 70.8 Å². The van der Waals surface area contributed by atoms with Gasteiger partial charge in [-0.25, -0.2) is 18.3 Å². The van der Waals surface area contributed by atoms with Crippen molar-refractivity contribution in [2.24, 2.45) is 0 Å². The van der Waals surface area contributed by atoms with Crippen molar-refractivity contribution in [1.29, 1.82) is 0 Å². The van der Waals surface area contributed by atoms with E-state index in [9.17, 15) is 26.7 Å². The summed E-state index contributed by atoms with van der Waals surface area (Å²) in [7, 11) is 0. The number of anilines is 1. The van der Waals surface area contributed by atoms with Crippen LogP contribution in [0.15, 0.2) is 48.7 Å². The van der Waals surface area contributed by atoms with Gasteiger partial charge in [-0.15, -0.1) is 5.10 Å². The van der Waals surface area contributed by atoms with Crippen LogP contribution in [-0.4, -0.2) is 31.5 Å². The Labute approximate surface area is 198 Å². The number of pyridine rings is 1. The van der Waals surface area contributed by atoms with Gasteiger partial charge in [0.2, 0.25) is 5.91 Å². The molecule has 2 aromatic carbocycles. The lowest BCUT2D eigenvalue weighted by Gasteiger charge is -2.18. The van der Waals surface area contributed by atoms with E-state index in [4.69, 9.17) is 0 Å². The van der Waals surface area contributed by atoms with Crippen molar-refractivity contribution < 1.29 is 31.1 Å². The molecule has 0 aliphatic heterocycles. The number of halogens is 6. The largest absolute Gasteiger partial charge is 0.433 e. The number of nitrogens with zero attached hydrogens (tertiary/aromatic N) is 4. The number of amides is 1. The van der Waals surface area contributed by atoms with Gasteiger partial charge in [0.15, 0.2) is 17.5 Å². The lowest BCUT2D eigenvalue weighted by molar-refractivity contribution is -0.141. The first-order valence-corrected chi connectivity index (χ1v) is 10.5. The minimum Gasteiger partial charge on any atom is -0.325 e. The quantitative estimate of drug-likeness (QED) is 0.372. The molecule has 1 aliphatic carbocycles. The zero-order valence-corrected chi connectivity index (χ0v) is 18.0. The second kappa shape index (κ2) is 8.43. The third-order valence-electron chi connectivity index (χ3n) is 5.94. The zero-order valence-electron chi connectivity index (χ0n) is 18.0. The van der Waals surface area contributed by atoms with E-state index in [-0.39, 0.29) is 33.8 Å². The van der Waals surface area contributed by atoms with Crippen LogP contribution in [0.5, 0.6) is 0 Å². The molecule has 7 nitrogen and oxygen atoms in total. The molecular weight excluding hydrogens is 490 g/mol. The summed E-state index contributed by atoms with van der Waals surface area (Å²) in [6, 6.07) is 7.29. The summed E-state index contributed by atoms with van der Waals surface area (Å²) >= 11 is 0. The molecule has 5 rings (SSSR count). The molecule has 0 unspecified atom stereocenters. The highest BCUT2D eigenvalue weighted by molar-refractivity contribution is 6.02. The lowest BCUT2D eigenvalue weighted by Crippen LogP contribution is -2.28. The fourth-order valence-electron chi connectivity index (χ4n) is 3.99. The van der Waals surface area contributed by atoms with Crippen molar-refractivity contribution in [3.63, 3.8) is 0 Å². The average Bonchev–Trinajstić information content (AvgIpc) is 3.46. The van der Waals surface area contributed by atoms with Crippen LogP contribution in [0.1, 0.15) is 24.1 Å². The molecule has 0 saturated heterocycles. The molecule has 1 amide bonds. The summed E-state index contributed by atoms with van der Waals surface area (Å²) in [6.45, 7) is 0. The maximum absolute atomic E-state index is 15.4. The van der Waals surface area contributed by atoms with E-state index in [1.807, 2.05) is 0 Å². The number of hydrogen-bond donors (Lipinski definition) is 2. The van der Waals surface area contributed by atoms with Crippen LogP contribution >= 0.6 is 0 Å². The number of H-pyrrole nitrogens is 1. The molecule has 2 heterocycles. The Balaban J connectivity index is 1.54. The minimum atomic E-state index is -4.76. The molecule has 0 atom stereocenters. The first-order chi connectivity index (χ1) is 17.1. The van der Waals surface area contributed by atoms with Crippen LogP contribution < -0.4 is 5.32 Å². The third kappa shape index (κ3) is 4.16. The average molecular weight is 504 g/mol. The van der Waals surface area contributed by atoms with Gasteiger partial charge >= 0.3 is 6.18 Å². The molecule has 1 aliphatic rings. The highest BCUT2D eigenvalue weighted by Gasteiger charge is 2.51. The number of alkyl halides is 3. The normalized spacial score (nSPS) is 14.5. The molecule has 184 valence electrons. The first kappa shape index (κ1) is 23.5. The maximum Gasteiger partial charge on any atom is 0.433 e. The molecular formula is C23H14F6N6O. The Bertz CT molecular complexity index is 1470. The molecule has 4 aromatic rings. The fraction of sp³-hybridized carbons (Fsp3) is 0.174. The van der Waals surface area contributed by atoms with E-state index < -0.39 is 40.6 Å². The highest BCUT2D eigenvalue weighted by atomic mass is 19.4. The van der Waals surface area contributed by atoms with E-state index in [0.717, 1.165) is 24.4 Å². The summed E-state index contributed by atoms with van der Waals surface area (Å²) in [5.74, 6) is -3.76. The van der Waals surface area contributed by atoms with E-state index in [0.29, 0.717) is 18.9 Å². The van der Waals surface area contributed by atoms with Gasteiger partial charge in [-0.2, -0.15) is 13.2 Å². The van der Waals surface area contributed by atoms with Crippen molar-refractivity contribution in [2.45, 2.75) is 24.4 Å². The van der Waals surface area contributed by atoms with E-state index in [1.54, 1.807) is 0 Å². The van der Waals surface area contributed by atoms with Gasteiger partial charge in [0.25, 0.3) is 0 Å². The molecule has 1 saturated carbocycles. The minimum absolute atomic E-state index is 0.0210. The predicted octanol–water partition coefficient (Wildman–Crippen LogP) is 5.04.